The van der Waals surface area contributed by atoms with Crippen molar-refractivity contribution in [3.05, 3.63) is 47.8 Å². The monoisotopic (exact) mass is 287 g/mol. The fourth-order valence-corrected chi connectivity index (χ4v) is 1.99. The van der Waals surface area contributed by atoms with Crippen LogP contribution in [0.15, 0.2) is 36.7 Å². The maximum absolute atomic E-state index is 12.3. The molecule has 2 amide bonds. The number of rotatable bonds is 6. The highest BCUT2D eigenvalue weighted by Crippen LogP contribution is 2.13. The average Bonchev–Trinajstić information content (AvgIpc) is 2.86. The Morgan fingerprint density at radius 2 is 2.05 bits per heavy atom. The van der Waals surface area contributed by atoms with Gasteiger partial charge in [-0.1, -0.05) is 18.2 Å². The molecule has 1 aromatic heterocycles. The van der Waals surface area contributed by atoms with E-state index in [-0.39, 0.29) is 12.5 Å². The first-order chi connectivity index (χ1) is 10.1. The first-order valence-corrected chi connectivity index (χ1v) is 6.50. The first kappa shape index (κ1) is 14.7. The van der Waals surface area contributed by atoms with Crippen LogP contribution in [0.5, 0.6) is 0 Å². The SMILES string of the molecule is NCCc1ccccc1C(=O)Nc1cnn(CC(N)=O)c1. The molecule has 0 saturated carbocycles. The maximum atomic E-state index is 12.3. The molecule has 0 unspecified atom stereocenters. The predicted octanol–water partition coefficient (Wildman–Crippen LogP) is 0.122. The Hall–Kier alpha value is -2.67. The number of benzene rings is 1. The van der Waals surface area contributed by atoms with E-state index >= 15 is 0 Å². The zero-order chi connectivity index (χ0) is 15.2. The molecule has 0 aliphatic carbocycles. The van der Waals surface area contributed by atoms with Crippen LogP contribution in [0.1, 0.15) is 15.9 Å². The molecule has 0 fully saturated rings. The molecule has 1 aromatic carbocycles. The molecule has 0 bridgehead atoms. The van der Waals surface area contributed by atoms with E-state index in [1.54, 1.807) is 18.3 Å². The molecule has 21 heavy (non-hydrogen) atoms. The summed E-state index contributed by atoms with van der Waals surface area (Å²) in [7, 11) is 0. The standard InChI is InChI=1S/C14H17N5O2/c15-6-5-10-3-1-2-4-12(10)14(21)18-11-7-17-19(8-11)9-13(16)20/h1-4,7-8H,5-6,9,15H2,(H2,16,20)(H,18,21). The normalized spacial score (nSPS) is 10.3. The summed E-state index contributed by atoms with van der Waals surface area (Å²) in [5, 5.41) is 6.68. The lowest BCUT2D eigenvalue weighted by atomic mass is 10.0. The second-order valence-corrected chi connectivity index (χ2v) is 4.54. The Labute approximate surface area is 121 Å². The van der Waals surface area contributed by atoms with E-state index in [1.165, 1.54) is 10.9 Å². The highest BCUT2D eigenvalue weighted by molar-refractivity contribution is 6.05. The van der Waals surface area contributed by atoms with E-state index in [9.17, 15) is 9.59 Å². The van der Waals surface area contributed by atoms with E-state index in [4.69, 9.17) is 11.5 Å². The lowest BCUT2D eigenvalue weighted by molar-refractivity contribution is -0.118. The first-order valence-electron chi connectivity index (χ1n) is 6.50. The molecule has 0 radical (unpaired) electrons. The van der Waals surface area contributed by atoms with Crippen LogP contribution < -0.4 is 16.8 Å². The molecule has 0 saturated heterocycles. The van der Waals surface area contributed by atoms with Gasteiger partial charge in [-0.2, -0.15) is 5.10 Å². The minimum atomic E-state index is -0.496. The summed E-state index contributed by atoms with van der Waals surface area (Å²) in [5.41, 5.74) is 12.6. The van der Waals surface area contributed by atoms with Gasteiger partial charge >= 0.3 is 0 Å². The largest absolute Gasteiger partial charge is 0.368 e. The molecule has 0 spiro atoms. The van der Waals surface area contributed by atoms with E-state index in [0.717, 1.165) is 5.56 Å². The number of carbonyl (C=O) groups is 2. The minimum absolute atomic E-state index is 0.0281. The van der Waals surface area contributed by atoms with Crippen molar-refractivity contribution in [1.82, 2.24) is 9.78 Å². The number of anilines is 1. The van der Waals surface area contributed by atoms with Crippen LogP contribution in [-0.2, 0) is 17.8 Å². The summed E-state index contributed by atoms with van der Waals surface area (Å²) < 4.78 is 1.36. The average molecular weight is 287 g/mol. The third-order valence-corrected chi connectivity index (χ3v) is 2.88. The molecular formula is C14H17N5O2. The predicted molar refractivity (Wildman–Crippen MR) is 78.6 cm³/mol. The highest BCUT2D eigenvalue weighted by Gasteiger charge is 2.11. The molecule has 2 rings (SSSR count). The highest BCUT2D eigenvalue weighted by atomic mass is 16.2. The quantitative estimate of drug-likeness (QED) is 0.699. The molecule has 0 aliphatic rings. The second-order valence-electron chi connectivity index (χ2n) is 4.54. The van der Waals surface area contributed by atoms with Crippen molar-refractivity contribution >= 4 is 17.5 Å². The molecule has 110 valence electrons. The van der Waals surface area contributed by atoms with Crippen molar-refractivity contribution < 1.29 is 9.59 Å². The Balaban J connectivity index is 2.11. The molecule has 7 heteroatoms. The van der Waals surface area contributed by atoms with Crippen molar-refractivity contribution in [3.8, 4) is 0 Å². The third-order valence-electron chi connectivity index (χ3n) is 2.88. The number of primary amides is 1. The number of amides is 2. The fraction of sp³-hybridized carbons (Fsp3) is 0.214. The zero-order valence-electron chi connectivity index (χ0n) is 11.5. The Morgan fingerprint density at radius 1 is 1.29 bits per heavy atom. The summed E-state index contributed by atoms with van der Waals surface area (Å²) in [6.45, 7) is 0.445. The van der Waals surface area contributed by atoms with Crippen LogP contribution in [0.25, 0.3) is 0 Å². The summed E-state index contributed by atoms with van der Waals surface area (Å²) in [4.78, 5) is 23.1. The van der Waals surface area contributed by atoms with E-state index in [0.29, 0.717) is 24.2 Å². The Bertz CT molecular complexity index is 650. The number of nitrogens with zero attached hydrogens (tertiary/aromatic N) is 2. The Morgan fingerprint density at radius 3 is 2.76 bits per heavy atom. The number of aromatic nitrogens is 2. The third kappa shape index (κ3) is 3.90. The summed E-state index contributed by atoms with van der Waals surface area (Å²) in [6, 6.07) is 7.28. The van der Waals surface area contributed by atoms with Gasteiger partial charge in [-0.25, -0.2) is 0 Å². The van der Waals surface area contributed by atoms with Gasteiger partial charge in [0.25, 0.3) is 5.91 Å². The molecule has 7 nitrogen and oxygen atoms in total. The van der Waals surface area contributed by atoms with Crippen molar-refractivity contribution in [1.29, 1.82) is 0 Å². The number of hydrogen-bond acceptors (Lipinski definition) is 4. The van der Waals surface area contributed by atoms with E-state index in [2.05, 4.69) is 10.4 Å². The van der Waals surface area contributed by atoms with Crippen LogP contribution in [0, 0.1) is 0 Å². The fourth-order valence-electron chi connectivity index (χ4n) is 1.99. The summed E-state index contributed by atoms with van der Waals surface area (Å²) >= 11 is 0. The molecule has 1 heterocycles. The topological polar surface area (TPSA) is 116 Å². The van der Waals surface area contributed by atoms with Crippen LogP contribution >= 0.6 is 0 Å². The zero-order valence-corrected chi connectivity index (χ0v) is 11.5. The van der Waals surface area contributed by atoms with E-state index in [1.807, 2.05) is 12.1 Å². The van der Waals surface area contributed by atoms with E-state index < -0.39 is 5.91 Å². The van der Waals surface area contributed by atoms with Gasteiger partial charge < -0.3 is 16.8 Å². The van der Waals surface area contributed by atoms with Crippen LogP contribution in [0.2, 0.25) is 0 Å². The van der Waals surface area contributed by atoms with Gasteiger partial charge in [0.1, 0.15) is 6.54 Å². The van der Waals surface area contributed by atoms with Crippen molar-refractivity contribution in [3.63, 3.8) is 0 Å². The molecule has 5 N–H and O–H groups in total. The van der Waals surface area contributed by atoms with Crippen molar-refractivity contribution in [2.75, 3.05) is 11.9 Å². The van der Waals surface area contributed by atoms with Gasteiger partial charge in [0.2, 0.25) is 5.91 Å². The molecule has 2 aromatic rings. The molecule has 0 atom stereocenters. The lowest BCUT2D eigenvalue weighted by Crippen LogP contribution is -2.19. The van der Waals surface area contributed by atoms with Crippen molar-refractivity contribution in [2.45, 2.75) is 13.0 Å². The number of carbonyl (C=O) groups excluding carboxylic acids is 2. The van der Waals surface area contributed by atoms with Gasteiger partial charge in [0.05, 0.1) is 11.9 Å². The van der Waals surface area contributed by atoms with Gasteiger partial charge in [0, 0.05) is 11.8 Å². The van der Waals surface area contributed by atoms with Crippen LogP contribution in [-0.4, -0.2) is 28.1 Å². The summed E-state index contributed by atoms with van der Waals surface area (Å²) in [6.07, 6.45) is 3.64. The van der Waals surface area contributed by atoms with Gasteiger partial charge in [0.15, 0.2) is 0 Å². The van der Waals surface area contributed by atoms with Crippen LogP contribution in [0.4, 0.5) is 5.69 Å². The van der Waals surface area contributed by atoms with Gasteiger partial charge in [-0.05, 0) is 24.6 Å². The van der Waals surface area contributed by atoms with Gasteiger partial charge in [-0.15, -0.1) is 0 Å². The van der Waals surface area contributed by atoms with Crippen LogP contribution in [0.3, 0.4) is 0 Å². The second kappa shape index (κ2) is 6.67. The minimum Gasteiger partial charge on any atom is -0.368 e. The number of nitrogens with one attached hydrogen (secondary N) is 1. The number of nitrogens with two attached hydrogens (primary N) is 2. The smallest absolute Gasteiger partial charge is 0.256 e. The summed E-state index contributed by atoms with van der Waals surface area (Å²) in [5.74, 6) is -0.734. The lowest BCUT2D eigenvalue weighted by Gasteiger charge is -2.08. The number of hydrogen-bond donors (Lipinski definition) is 3. The van der Waals surface area contributed by atoms with Gasteiger partial charge in [-0.3, -0.25) is 14.3 Å². The van der Waals surface area contributed by atoms with Crippen molar-refractivity contribution in [2.24, 2.45) is 11.5 Å². The Kier molecular flexibility index (Phi) is 4.68. The maximum Gasteiger partial charge on any atom is 0.256 e. The molecule has 0 aliphatic heterocycles. The molecular weight excluding hydrogens is 270 g/mol.